The largest absolute Gasteiger partial charge is 0.372 e. The molecular formula is C16H23N3O. The summed E-state index contributed by atoms with van der Waals surface area (Å²) in [6.45, 7) is 2.34. The predicted octanol–water partition coefficient (Wildman–Crippen LogP) is 2.65. The second kappa shape index (κ2) is 5.09. The van der Waals surface area contributed by atoms with Crippen LogP contribution in [0.3, 0.4) is 0 Å². The maximum absolute atomic E-state index is 11.6. The van der Waals surface area contributed by atoms with Crippen LogP contribution >= 0.6 is 0 Å². The third-order valence-electron chi connectivity index (χ3n) is 4.85. The van der Waals surface area contributed by atoms with Crippen molar-refractivity contribution in [3.8, 4) is 0 Å². The van der Waals surface area contributed by atoms with Gasteiger partial charge >= 0.3 is 0 Å². The van der Waals surface area contributed by atoms with E-state index >= 15 is 0 Å². The van der Waals surface area contributed by atoms with Crippen LogP contribution in [0.2, 0.25) is 0 Å². The van der Waals surface area contributed by atoms with Crippen molar-refractivity contribution < 1.29 is 4.79 Å². The Hall–Kier alpha value is -1.55. The van der Waals surface area contributed by atoms with Gasteiger partial charge in [-0.2, -0.15) is 0 Å². The smallest absolute Gasteiger partial charge is 0.245 e. The second-order valence-electron chi connectivity index (χ2n) is 6.26. The highest BCUT2D eigenvalue weighted by molar-refractivity contribution is 6.02. The van der Waals surface area contributed by atoms with Gasteiger partial charge in [0.25, 0.3) is 0 Å². The lowest BCUT2D eigenvalue weighted by Crippen LogP contribution is -2.34. The van der Waals surface area contributed by atoms with E-state index in [1.54, 1.807) is 0 Å². The fourth-order valence-corrected chi connectivity index (χ4v) is 3.34. The lowest BCUT2D eigenvalue weighted by molar-refractivity contribution is -0.116. The van der Waals surface area contributed by atoms with Crippen molar-refractivity contribution in [2.45, 2.75) is 44.7 Å². The summed E-state index contributed by atoms with van der Waals surface area (Å²) in [5, 5.41) is 2.86. The summed E-state index contributed by atoms with van der Waals surface area (Å²) >= 11 is 0. The molecule has 1 saturated carbocycles. The van der Waals surface area contributed by atoms with Gasteiger partial charge in [-0.15, -0.1) is 0 Å². The highest BCUT2D eigenvalue weighted by Crippen LogP contribution is 2.35. The third kappa shape index (κ3) is 2.29. The summed E-state index contributed by atoms with van der Waals surface area (Å²) in [5.41, 5.74) is 8.79. The van der Waals surface area contributed by atoms with Crippen LogP contribution in [0.25, 0.3) is 0 Å². The zero-order chi connectivity index (χ0) is 14.3. The molecule has 1 aromatic rings. The number of anilines is 2. The molecule has 20 heavy (non-hydrogen) atoms. The number of nitrogens with two attached hydrogens (primary N) is 1. The molecular weight excluding hydrogens is 250 g/mol. The van der Waals surface area contributed by atoms with E-state index in [1.807, 2.05) is 6.07 Å². The number of carbonyl (C=O) groups excluding carboxylic acids is 1. The third-order valence-corrected chi connectivity index (χ3v) is 4.85. The van der Waals surface area contributed by atoms with Crippen LogP contribution < -0.4 is 16.0 Å². The molecule has 1 unspecified atom stereocenters. The summed E-state index contributed by atoms with van der Waals surface area (Å²) < 4.78 is 0. The first-order chi connectivity index (χ1) is 9.56. The Morgan fingerprint density at radius 3 is 2.65 bits per heavy atom. The minimum absolute atomic E-state index is 0.105. The van der Waals surface area contributed by atoms with Gasteiger partial charge in [0.1, 0.15) is 6.04 Å². The van der Waals surface area contributed by atoms with Crippen LogP contribution in [0.4, 0.5) is 11.4 Å². The second-order valence-corrected chi connectivity index (χ2v) is 6.26. The van der Waals surface area contributed by atoms with Crippen molar-refractivity contribution in [2.75, 3.05) is 17.3 Å². The number of carbonyl (C=O) groups is 1. The topological polar surface area (TPSA) is 58.4 Å². The Balaban J connectivity index is 1.78. The number of nitrogens with zero attached hydrogens (tertiary/aromatic N) is 1. The fraction of sp³-hybridized carbons (Fsp3) is 0.562. The molecule has 0 aromatic heterocycles. The molecule has 4 nitrogen and oxygen atoms in total. The van der Waals surface area contributed by atoms with E-state index < -0.39 is 6.04 Å². The van der Waals surface area contributed by atoms with E-state index in [-0.39, 0.29) is 5.91 Å². The number of fused-ring (bicyclic) bond motifs is 1. The first-order valence-corrected chi connectivity index (χ1v) is 7.49. The van der Waals surface area contributed by atoms with Crippen molar-refractivity contribution in [3.05, 3.63) is 23.8 Å². The van der Waals surface area contributed by atoms with Crippen molar-refractivity contribution >= 4 is 17.3 Å². The van der Waals surface area contributed by atoms with Crippen LogP contribution in [0.1, 0.15) is 44.2 Å². The lowest BCUT2D eigenvalue weighted by Gasteiger charge is -2.35. The highest BCUT2D eigenvalue weighted by Gasteiger charge is 2.28. The standard InChI is InChI=1S/C16H23N3O/c1-10-3-5-11(6-4-10)19(2)12-7-8-13-14(9-12)18-16(20)15(13)17/h7-11,15H,3-6,17H2,1-2H3,(H,18,20). The molecule has 4 heteroatoms. The highest BCUT2D eigenvalue weighted by atomic mass is 16.2. The van der Waals surface area contributed by atoms with Gasteiger partial charge in [-0.1, -0.05) is 13.0 Å². The van der Waals surface area contributed by atoms with E-state index in [9.17, 15) is 4.79 Å². The molecule has 3 N–H and O–H groups in total. The lowest BCUT2D eigenvalue weighted by atomic mass is 9.86. The Kier molecular flexibility index (Phi) is 3.42. The van der Waals surface area contributed by atoms with Crippen molar-refractivity contribution in [2.24, 2.45) is 11.7 Å². The maximum Gasteiger partial charge on any atom is 0.245 e. The number of nitrogens with one attached hydrogen (secondary N) is 1. The van der Waals surface area contributed by atoms with Gasteiger partial charge in [0.2, 0.25) is 5.91 Å². The van der Waals surface area contributed by atoms with Crippen LogP contribution in [-0.4, -0.2) is 19.0 Å². The van der Waals surface area contributed by atoms with E-state index in [1.165, 1.54) is 25.7 Å². The van der Waals surface area contributed by atoms with Crippen LogP contribution in [0.15, 0.2) is 18.2 Å². The van der Waals surface area contributed by atoms with Crippen LogP contribution in [0.5, 0.6) is 0 Å². The molecule has 1 atom stereocenters. The molecule has 1 aliphatic heterocycles. The predicted molar refractivity (Wildman–Crippen MR) is 81.8 cm³/mol. The van der Waals surface area contributed by atoms with Crippen molar-refractivity contribution in [1.29, 1.82) is 0 Å². The number of amides is 1. The average molecular weight is 273 g/mol. The van der Waals surface area contributed by atoms with E-state index in [0.717, 1.165) is 22.9 Å². The van der Waals surface area contributed by atoms with Gasteiger partial charge in [0.05, 0.1) is 0 Å². The normalized spacial score (nSPS) is 28.9. The molecule has 1 heterocycles. The monoisotopic (exact) mass is 273 g/mol. The Bertz CT molecular complexity index is 520. The molecule has 0 radical (unpaired) electrons. The van der Waals surface area contributed by atoms with Gasteiger partial charge in [0.15, 0.2) is 0 Å². The van der Waals surface area contributed by atoms with Crippen molar-refractivity contribution in [1.82, 2.24) is 0 Å². The minimum atomic E-state index is -0.514. The first kappa shape index (κ1) is 13.4. The maximum atomic E-state index is 11.6. The summed E-state index contributed by atoms with van der Waals surface area (Å²) in [5.74, 6) is 0.753. The average Bonchev–Trinajstić information content (AvgIpc) is 2.74. The molecule has 0 saturated heterocycles. The summed E-state index contributed by atoms with van der Waals surface area (Å²) in [4.78, 5) is 13.9. The molecule has 0 spiro atoms. The summed E-state index contributed by atoms with van der Waals surface area (Å²) in [7, 11) is 2.15. The van der Waals surface area contributed by atoms with Gasteiger partial charge in [0, 0.05) is 30.0 Å². The first-order valence-electron chi connectivity index (χ1n) is 7.49. The Morgan fingerprint density at radius 2 is 1.95 bits per heavy atom. The quantitative estimate of drug-likeness (QED) is 0.871. The van der Waals surface area contributed by atoms with Crippen LogP contribution in [-0.2, 0) is 4.79 Å². The zero-order valence-corrected chi connectivity index (χ0v) is 12.2. The van der Waals surface area contributed by atoms with Crippen LogP contribution in [0, 0.1) is 5.92 Å². The zero-order valence-electron chi connectivity index (χ0n) is 12.2. The van der Waals surface area contributed by atoms with E-state index in [2.05, 4.69) is 36.3 Å². The molecule has 1 amide bonds. The molecule has 2 aliphatic rings. The summed E-state index contributed by atoms with van der Waals surface area (Å²) in [6.07, 6.45) is 5.12. The Labute approximate surface area is 120 Å². The Morgan fingerprint density at radius 1 is 1.25 bits per heavy atom. The number of benzene rings is 1. The fourth-order valence-electron chi connectivity index (χ4n) is 3.34. The molecule has 3 rings (SSSR count). The molecule has 108 valence electrons. The molecule has 1 fully saturated rings. The molecule has 1 aliphatic carbocycles. The van der Waals surface area contributed by atoms with Crippen molar-refractivity contribution in [3.63, 3.8) is 0 Å². The van der Waals surface area contributed by atoms with Gasteiger partial charge < -0.3 is 16.0 Å². The number of hydrogen-bond acceptors (Lipinski definition) is 3. The van der Waals surface area contributed by atoms with Gasteiger partial charge in [-0.25, -0.2) is 0 Å². The van der Waals surface area contributed by atoms with Gasteiger partial charge in [-0.3, -0.25) is 4.79 Å². The van der Waals surface area contributed by atoms with E-state index in [0.29, 0.717) is 6.04 Å². The number of hydrogen-bond donors (Lipinski definition) is 2. The van der Waals surface area contributed by atoms with Gasteiger partial charge in [-0.05, 0) is 43.7 Å². The number of rotatable bonds is 2. The summed E-state index contributed by atoms with van der Waals surface area (Å²) in [6, 6.07) is 6.21. The van der Waals surface area contributed by atoms with E-state index in [4.69, 9.17) is 5.73 Å². The molecule has 0 bridgehead atoms. The minimum Gasteiger partial charge on any atom is -0.372 e. The SMILES string of the molecule is CC1CCC(N(C)c2ccc3c(c2)NC(=O)C3N)CC1. The molecule has 1 aromatic carbocycles.